The van der Waals surface area contributed by atoms with Crippen molar-refractivity contribution in [1.82, 2.24) is 9.80 Å². The lowest BCUT2D eigenvalue weighted by atomic mass is 9.85. The molecule has 0 aliphatic carbocycles. The number of hydrogen-bond donors (Lipinski definition) is 0. The molecule has 3 amide bonds. The monoisotopic (exact) mass is 390 g/mol. The molecule has 0 radical (unpaired) electrons. The fraction of sp³-hybridized carbons (Fsp3) is 0.273. The summed E-state index contributed by atoms with van der Waals surface area (Å²) in [5, 5.41) is 0. The zero-order valence-electron chi connectivity index (χ0n) is 15.6. The summed E-state index contributed by atoms with van der Waals surface area (Å²) in [6.07, 6.45) is 1.29. The Hall–Kier alpha value is -3.48. The number of ether oxygens (including phenoxy) is 1. The summed E-state index contributed by atoms with van der Waals surface area (Å²) in [6, 6.07) is 13.8. The molecule has 1 fully saturated rings. The van der Waals surface area contributed by atoms with Crippen LogP contribution in [0.3, 0.4) is 0 Å². The van der Waals surface area contributed by atoms with E-state index in [2.05, 4.69) is 0 Å². The van der Waals surface area contributed by atoms with Crippen LogP contribution in [0.5, 0.6) is 0 Å². The molecule has 146 valence electrons. The van der Waals surface area contributed by atoms with Gasteiger partial charge in [0, 0.05) is 12.1 Å². The molecule has 0 N–H and O–H groups in total. The Labute approximate surface area is 166 Å². The van der Waals surface area contributed by atoms with Gasteiger partial charge in [0.15, 0.2) is 5.60 Å². The summed E-state index contributed by atoms with van der Waals surface area (Å²) in [5.41, 5.74) is 1.10. The highest BCUT2D eigenvalue weighted by molar-refractivity contribution is 6.22. The zero-order valence-corrected chi connectivity index (χ0v) is 15.6. The molecular formula is C22H18N2O5. The van der Waals surface area contributed by atoms with Crippen molar-refractivity contribution >= 4 is 23.7 Å². The van der Waals surface area contributed by atoms with Crippen LogP contribution >= 0.6 is 0 Å². The van der Waals surface area contributed by atoms with Crippen LogP contribution in [0.15, 0.2) is 48.5 Å². The minimum atomic E-state index is -0.858. The normalized spacial score (nSPS) is 22.7. The summed E-state index contributed by atoms with van der Waals surface area (Å²) >= 11 is 0. The van der Waals surface area contributed by atoms with Crippen molar-refractivity contribution in [2.45, 2.75) is 18.4 Å². The van der Waals surface area contributed by atoms with E-state index < -0.39 is 17.4 Å². The van der Waals surface area contributed by atoms with Crippen molar-refractivity contribution in [2.24, 2.45) is 0 Å². The second-order valence-corrected chi connectivity index (χ2v) is 7.59. The second-order valence-electron chi connectivity index (χ2n) is 7.59. The van der Waals surface area contributed by atoms with Gasteiger partial charge in [0.25, 0.3) is 11.8 Å². The summed E-state index contributed by atoms with van der Waals surface area (Å²) in [7, 11) is 0. The number of carbonyl (C=O) groups is 4. The number of rotatable bonds is 2. The van der Waals surface area contributed by atoms with Crippen LogP contribution in [0.2, 0.25) is 0 Å². The lowest BCUT2D eigenvalue weighted by Crippen LogP contribution is -2.51. The maximum absolute atomic E-state index is 13.0. The van der Waals surface area contributed by atoms with Crippen molar-refractivity contribution in [3.05, 3.63) is 70.8 Å². The molecule has 29 heavy (non-hydrogen) atoms. The van der Waals surface area contributed by atoms with E-state index in [4.69, 9.17) is 4.74 Å². The maximum Gasteiger partial charge on any atom is 0.339 e. The van der Waals surface area contributed by atoms with E-state index in [9.17, 15) is 19.2 Å². The number of carbonyl (C=O) groups excluding carboxylic acids is 4. The Morgan fingerprint density at radius 1 is 0.931 bits per heavy atom. The van der Waals surface area contributed by atoms with E-state index in [1.165, 1.54) is 0 Å². The van der Waals surface area contributed by atoms with E-state index in [0.717, 1.165) is 10.5 Å². The lowest BCUT2D eigenvalue weighted by molar-refractivity contribution is -0.138. The minimum absolute atomic E-state index is 0.220. The van der Waals surface area contributed by atoms with Gasteiger partial charge in [-0.05, 0) is 31.0 Å². The van der Waals surface area contributed by atoms with Crippen molar-refractivity contribution in [2.75, 3.05) is 19.6 Å². The third-order valence-electron chi connectivity index (χ3n) is 5.91. The number of likely N-dealkylation sites (tertiary alicyclic amines) is 1. The van der Waals surface area contributed by atoms with Gasteiger partial charge < -0.3 is 9.64 Å². The number of nitrogens with zero attached hydrogens (tertiary/aromatic N) is 2. The topological polar surface area (TPSA) is 84.0 Å². The van der Waals surface area contributed by atoms with Crippen molar-refractivity contribution in [1.29, 1.82) is 0 Å². The molecule has 1 unspecified atom stereocenters. The van der Waals surface area contributed by atoms with E-state index in [-0.39, 0.29) is 25.0 Å². The highest BCUT2D eigenvalue weighted by Crippen LogP contribution is 2.42. The summed E-state index contributed by atoms with van der Waals surface area (Å²) in [6.45, 7) is 0.388. The molecule has 1 saturated heterocycles. The van der Waals surface area contributed by atoms with Crippen molar-refractivity contribution in [3.63, 3.8) is 0 Å². The third kappa shape index (κ3) is 2.57. The zero-order chi connectivity index (χ0) is 20.2. The number of piperidine rings is 1. The Morgan fingerprint density at radius 3 is 2.24 bits per heavy atom. The lowest BCUT2D eigenvalue weighted by Gasteiger charge is -2.40. The number of amides is 3. The standard InChI is InChI=1S/C22H18N2O5/c25-18(12-24-19(26)14-6-1-2-7-15(14)20(24)27)23-11-5-10-22(13-23)17-9-4-3-8-16(17)21(28)29-22/h1-4,6-9H,5,10-13H2. The highest BCUT2D eigenvalue weighted by atomic mass is 16.6. The van der Waals surface area contributed by atoms with Crippen molar-refractivity contribution in [3.8, 4) is 0 Å². The van der Waals surface area contributed by atoms with Crippen LogP contribution in [-0.4, -0.2) is 53.1 Å². The molecule has 3 aliphatic heterocycles. The van der Waals surface area contributed by atoms with Gasteiger partial charge in [0.2, 0.25) is 5.91 Å². The predicted octanol–water partition coefficient (Wildman–Crippen LogP) is 1.97. The first kappa shape index (κ1) is 17.6. The fourth-order valence-corrected chi connectivity index (χ4v) is 4.50. The Kier molecular flexibility index (Phi) is 3.81. The first-order valence-corrected chi connectivity index (χ1v) is 9.56. The molecule has 3 aliphatic rings. The van der Waals surface area contributed by atoms with Crippen LogP contribution in [0.4, 0.5) is 0 Å². The van der Waals surface area contributed by atoms with E-state index in [0.29, 0.717) is 36.1 Å². The molecule has 5 rings (SSSR count). The van der Waals surface area contributed by atoms with Gasteiger partial charge in [-0.25, -0.2) is 4.79 Å². The van der Waals surface area contributed by atoms with Crippen LogP contribution in [0.25, 0.3) is 0 Å². The molecule has 7 heteroatoms. The number of hydrogen-bond acceptors (Lipinski definition) is 5. The number of esters is 1. The summed E-state index contributed by atoms with van der Waals surface area (Å²) in [5.74, 6) is -1.62. The minimum Gasteiger partial charge on any atom is -0.449 e. The average Bonchev–Trinajstić information content (AvgIpc) is 3.15. The fourth-order valence-electron chi connectivity index (χ4n) is 4.50. The van der Waals surface area contributed by atoms with Gasteiger partial charge in [-0.15, -0.1) is 0 Å². The molecule has 2 aromatic carbocycles. The van der Waals surface area contributed by atoms with E-state index in [1.807, 2.05) is 12.1 Å². The maximum atomic E-state index is 13.0. The van der Waals surface area contributed by atoms with Crippen LogP contribution in [-0.2, 0) is 15.1 Å². The van der Waals surface area contributed by atoms with Gasteiger partial charge >= 0.3 is 5.97 Å². The summed E-state index contributed by atoms with van der Waals surface area (Å²) < 4.78 is 5.72. The highest BCUT2D eigenvalue weighted by Gasteiger charge is 2.49. The first-order valence-electron chi connectivity index (χ1n) is 9.56. The average molecular weight is 390 g/mol. The van der Waals surface area contributed by atoms with E-state index >= 15 is 0 Å². The molecule has 0 aromatic heterocycles. The summed E-state index contributed by atoms with van der Waals surface area (Å²) in [4.78, 5) is 52.9. The second kappa shape index (κ2) is 6.27. The van der Waals surface area contributed by atoms with Crippen LogP contribution in [0, 0.1) is 0 Å². The number of fused-ring (bicyclic) bond motifs is 3. The predicted molar refractivity (Wildman–Crippen MR) is 101 cm³/mol. The Balaban J connectivity index is 1.36. The van der Waals surface area contributed by atoms with Gasteiger partial charge in [0.05, 0.1) is 23.2 Å². The van der Waals surface area contributed by atoms with Gasteiger partial charge in [-0.2, -0.15) is 0 Å². The molecule has 2 aromatic rings. The Bertz CT molecular complexity index is 1040. The number of imide groups is 1. The molecule has 1 spiro atoms. The number of benzene rings is 2. The molecule has 0 saturated carbocycles. The SMILES string of the molecule is O=C1OC2(CCCN(C(=O)CN3C(=O)c4ccccc4C3=O)C2)c2ccccc21. The van der Waals surface area contributed by atoms with Crippen LogP contribution < -0.4 is 0 Å². The largest absolute Gasteiger partial charge is 0.449 e. The van der Waals surface area contributed by atoms with Crippen LogP contribution in [0.1, 0.15) is 49.5 Å². The van der Waals surface area contributed by atoms with Gasteiger partial charge in [-0.1, -0.05) is 30.3 Å². The molecule has 1 atom stereocenters. The Morgan fingerprint density at radius 2 is 1.55 bits per heavy atom. The molecule has 0 bridgehead atoms. The van der Waals surface area contributed by atoms with Gasteiger partial charge in [-0.3, -0.25) is 19.3 Å². The first-order chi connectivity index (χ1) is 14.0. The quantitative estimate of drug-likeness (QED) is 0.578. The molecule has 3 heterocycles. The molecular weight excluding hydrogens is 372 g/mol. The van der Waals surface area contributed by atoms with E-state index in [1.54, 1.807) is 41.3 Å². The third-order valence-corrected chi connectivity index (χ3v) is 5.91. The van der Waals surface area contributed by atoms with Crippen molar-refractivity contribution < 1.29 is 23.9 Å². The molecule has 7 nitrogen and oxygen atoms in total. The smallest absolute Gasteiger partial charge is 0.339 e. The van der Waals surface area contributed by atoms with Gasteiger partial charge in [0.1, 0.15) is 6.54 Å².